The third kappa shape index (κ3) is 6.05. The molecule has 26 heavy (non-hydrogen) atoms. The van der Waals surface area contributed by atoms with Crippen LogP contribution in [0.1, 0.15) is 16.9 Å². The molecule has 0 radical (unpaired) electrons. The van der Waals surface area contributed by atoms with E-state index in [0.29, 0.717) is 12.3 Å². The summed E-state index contributed by atoms with van der Waals surface area (Å²) in [6.07, 6.45) is -3.04. The standard InChI is InChI=1S/C13H9ClF3N3O3.C2H7N/c1-6-2-10(21)8(12(22)23-6)5-19-20-11-9(14)3-7(4-18-11)13(15,16)17;1-3-2/h2-5,21H,1H3,(H,18,20);3H,1-2H3. The fraction of sp³-hybridized carbons (Fsp3) is 0.267. The van der Waals surface area contributed by atoms with Crippen molar-refractivity contribution in [1.29, 1.82) is 0 Å². The summed E-state index contributed by atoms with van der Waals surface area (Å²) in [6, 6.07) is 1.90. The number of pyridine rings is 1. The van der Waals surface area contributed by atoms with Gasteiger partial charge in [-0.15, -0.1) is 0 Å². The lowest BCUT2D eigenvalue weighted by Gasteiger charge is -2.08. The van der Waals surface area contributed by atoms with Gasteiger partial charge in [-0.3, -0.25) is 5.43 Å². The molecule has 2 aromatic heterocycles. The van der Waals surface area contributed by atoms with Crippen molar-refractivity contribution in [2.45, 2.75) is 13.1 Å². The van der Waals surface area contributed by atoms with E-state index >= 15 is 0 Å². The Bertz CT molecular complexity index is 838. The monoisotopic (exact) mass is 392 g/mol. The first-order valence-electron chi connectivity index (χ1n) is 7.04. The molecule has 7 nitrogen and oxygen atoms in total. The highest BCUT2D eigenvalue weighted by Gasteiger charge is 2.31. The average molecular weight is 393 g/mol. The van der Waals surface area contributed by atoms with E-state index in [0.717, 1.165) is 6.21 Å². The number of hydrogen-bond acceptors (Lipinski definition) is 7. The summed E-state index contributed by atoms with van der Waals surface area (Å²) in [5, 5.41) is 15.6. The van der Waals surface area contributed by atoms with Crippen LogP contribution in [-0.4, -0.2) is 30.4 Å². The molecule has 0 bridgehead atoms. The Morgan fingerprint density at radius 2 is 1.96 bits per heavy atom. The molecule has 0 aromatic carbocycles. The number of hydrazone groups is 1. The molecule has 0 fully saturated rings. The van der Waals surface area contributed by atoms with E-state index in [2.05, 4.69) is 20.8 Å². The number of anilines is 1. The number of nitrogens with one attached hydrogen (secondary N) is 2. The number of hydrogen-bond donors (Lipinski definition) is 3. The van der Waals surface area contributed by atoms with Crippen LogP contribution in [0.15, 0.2) is 32.6 Å². The van der Waals surface area contributed by atoms with Crippen LogP contribution in [0.25, 0.3) is 0 Å². The van der Waals surface area contributed by atoms with E-state index in [9.17, 15) is 23.1 Å². The van der Waals surface area contributed by atoms with Crippen molar-refractivity contribution in [2.24, 2.45) is 5.10 Å². The van der Waals surface area contributed by atoms with Gasteiger partial charge in [0.25, 0.3) is 0 Å². The van der Waals surface area contributed by atoms with Crippen molar-refractivity contribution >= 4 is 23.6 Å². The van der Waals surface area contributed by atoms with Gasteiger partial charge in [-0.25, -0.2) is 9.78 Å². The lowest BCUT2D eigenvalue weighted by Crippen LogP contribution is -2.09. The molecule has 0 spiro atoms. The number of aromatic hydroxyl groups is 1. The summed E-state index contributed by atoms with van der Waals surface area (Å²) in [5.41, 5.74) is 0.221. The Hall–Kier alpha value is -2.59. The summed E-state index contributed by atoms with van der Waals surface area (Å²) in [4.78, 5) is 15.0. The highest BCUT2D eigenvalue weighted by atomic mass is 35.5. The Balaban J connectivity index is 0.00000105. The van der Waals surface area contributed by atoms with Crippen molar-refractivity contribution in [3.05, 3.63) is 50.7 Å². The molecule has 3 N–H and O–H groups in total. The molecule has 0 saturated carbocycles. The zero-order valence-electron chi connectivity index (χ0n) is 14.0. The number of halogens is 4. The molecular weight excluding hydrogens is 377 g/mol. The van der Waals surface area contributed by atoms with Crippen molar-refractivity contribution < 1.29 is 22.7 Å². The zero-order chi connectivity index (χ0) is 19.9. The Labute approximate surface area is 151 Å². The number of aryl methyl sites for hydroxylation is 1. The van der Waals surface area contributed by atoms with E-state index < -0.39 is 17.4 Å². The number of aromatic nitrogens is 1. The van der Waals surface area contributed by atoms with E-state index in [1.807, 2.05) is 14.1 Å². The first-order valence-corrected chi connectivity index (χ1v) is 7.42. The minimum atomic E-state index is -4.56. The summed E-state index contributed by atoms with van der Waals surface area (Å²) >= 11 is 5.67. The Morgan fingerprint density at radius 1 is 1.35 bits per heavy atom. The highest BCUT2D eigenvalue weighted by molar-refractivity contribution is 6.32. The van der Waals surface area contributed by atoms with Gasteiger partial charge in [0.2, 0.25) is 0 Å². The predicted octanol–water partition coefficient (Wildman–Crippen LogP) is 3.00. The fourth-order valence-electron chi connectivity index (χ4n) is 1.56. The predicted molar refractivity (Wildman–Crippen MR) is 91.8 cm³/mol. The van der Waals surface area contributed by atoms with Gasteiger partial charge in [-0.2, -0.15) is 18.3 Å². The van der Waals surface area contributed by atoms with E-state index in [1.165, 1.54) is 13.0 Å². The van der Waals surface area contributed by atoms with Gasteiger partial charge in [0.15, 0.2) is 5.82 Å². The Morgan fingerprint density at radius 3 is 2.46 bits per heavy atom. The van der Waals surface area contributed by atoms with E-state index in [-0.39, 0.29) is 27.9 Å². The molecule has 0 aliphatic carbocycles. The number of alkyl halides is 3. The second-order valence-electron chi connectivity index (χ2n) is 4.87. The Kier molecular flexibility index (Phi) is 7.59. The summed E-state index contributed by atoms with van der Waals surface area (Å²) in [7, 11) is 3.75. The summed E-state index contributed by atoms with van der Waals surface area (Å²) in [5.74, 6) is -0.284. The van der Waals surface area contributed by atoms with Crippen molar-refractivity contribution in [1.82, 2.24) is 10.3 Å². The fourth-order valence-corrected chi connectivity index (χ4v) is 1.77. The van der Waals surface area contributed by atoms with Crippen LogP contribution in [0.3, 0.4) is 0 Å². The normalized spacial score (nSPS) is 11.2. The largest absolute Gasteiger partial charge is 0.507 e. The molecule has 2 rings (SSSR count). The second-order valence-corrected chi connectivity index (χ2v) is 5.27. The minimum Gasteiger partial charge on any atom is -0.507 e. The molecule has 142 valence electrons. The summed E-state index contributed by atoms with van der Waals surface area (Å²) in [6.45, 7) is 1.48. The SMILES string of the molecule is CNC.Cc1cc(O)c(C=NNc2ncc(C(F)(F)F)cc2Cl)c(=O)o1. The molecule has 0 unspecified atom stereocenters. The molecule has 0 aliphatic rings. The van der Waals surface area contributed by atoms with Gasteiger partial charge in [0.05, 0.1) is 16.8 Å². The van der Waals surface area contributed by atoms with Crippen LogP contribution in [-0.2, 0) is 6.18 Å². The van der Waals surface area contributed by atoms with Crippen molar-refractivity contribution in [3.63, 3.8) is 0 Å². The lowest BCUT2D eigenvalue weighted by atomic mass is 10.2. The summed E-state index contributed by atoms with van der Waals surface area (Å²) < 4.78 is 42.2. The molecule has 0 atom stereocenters. The van der Waals surface area contributed by atoms with Crippen LogP contribution in [0.5, 0.6) is 5.75 Å². The molecule has 2 heterocycles. The van der Waals surface area contributed by atoms with Gasteiger partial charge >= 0.3 is 11.8 Å². The maximum absolute atomic E-state index is 12.5. The van der Waals surface area contributed by atoms with Crippen LogP contribution < -0.4 is 16.4 Å². The number of nitrogens with zero attached hydrogens (tertiary/aromatic N) is 2. The molecular formula is C15H16ClF3N4O3. The molecule has 0 amide bonds. The second kappa shape index (κ2) is 9.20. The van der Waals surface area contributed by atoms with Crippen LogP contribution >= 0.6 is 11.6 Å². The zero-order valence-corrected chi connectivity index (χ0v) is 14.7. The van der Waals surface area contributed by atoms with E-state index in [4.69, 9.17) is 16.0 Å². The molecule has 2 aromatic rings. The maximum Gasteiger partial charge on any atom is 0.417 e. The van der Waals surface area contributed by atoms with Crippen LogP contribution in [0.2, 0.25) is 5.02 Å². The molecule has 11 heteroatoms. The minimum absolute atomic E-state index is 0.146. The van der Waals surface area contributed by atoms with Crippen molar-refractivity contribution in [3.8, 4) is 5.75 Å². The quantitative estimate of drug-likeness (QED) is 0.548. The number of rotatable bonds is 3. The smallest absolute Gasteiger partial charge is 0.417 e. The third-order valence-corrected chi connectivity index (χ3v) is 2.91. The first-order chi connectivity index (χ1) is 12.1. The lowest BCUT2D eigenvalue weighted by molar-refractivity contribution is -0.137. The van der Waals surface area contributed by atoms with Crippen LogP contribution in [0, 0.1) is 6.92 Å². The van der Waals surface area contributed by atoms with Gasteiger partial charge in [0, 0.05) is 12.3 Å². The van der Waals surface area contributed by atoms with Crippen LogP contribution in [0.4, 0.5) is 19.0 Å². The molecule has 0 saturated heterocycles. The average Bonchev–Trinajstić information content (AvgIpc) is 2.51. The van der Waals surface area contributed by atoms with Gasteiger partial charge in [0.1, 0.15) is 17.1 Å². The van der Waals surface area contributed by atoms with Gasteiger partial charge in [-0.05, 0) is 27.1 Å². The van der Waals surface area contributed by atoms with Gasteiger partial charge in [-0.1, -0.05) is 11.6 Å². The van der Waals surface area contributed by atoms with Gasteiger partial charge < -0.3 is 14.8 Å². The van der Waals surface area contributed by atoms with E-state index in [1.54, 1.807) is 0 Å². The highest BCUT2D eigenvalue weighted by Crippen LogP contribution is 2.32. The maximum atomic E-state index is 12.5. The third-order valence-electron chi connectivity index (χ3n) is 2.62. The first kappa shape index (κ1) is 21.5. The molecule has 0 aliphatic heterocycles. The topological polar surface area (TPSA) is 99.7 Å². The van der Waals surface area contributed by atoms with Crippen molar-refractivity contribution in [2.75, 3.05) is 19.5 Å².